The average molecular weight is 569 g/mol. The van der Waals surface area contributed by atoms with Gasteiger partial charge in [0.05, 0.1) is 23.3 Å². The van der Waals surface area contributed by atoms with Crippen LogP contribution in [0.3, 0.4) is 0 Å². The maximum atomic E-state index is 9.58. The second-order valence-electron chi connectivity index (χ2n) is 10.4. The predicted molar refractivity (Wildman–Crippen MR) is 178 cm³/mol. The molecule has 0 saturated heterocycles. The summed E-state index contributed by atoms with van der Waals surface area (Å²) in [7, 11) is 0. The first-order chi connectivity index (χ1) is 20.7. The Bertz CT molecular complexity index is 2450. The van der Waals surface area contributed by atoms with Crippen LogP contribution >= 0.6 is 22.7 Å². The van der Waals surface area contributed by atoms with Gasteiger partial charge in [-0.25, -0.2) is 0 Å². The first-order valence-corrected chi connectivity index (χ1v) is 15.2. The summed E-state index contributed by atoms with van der Waals surface area (Å²) < 4.78 is 4.96. The summed E-state index contributed by atoms with van der Waals surface area (Å²) in [5.74, 6) is 0. The van der Waals surface area contributed by atoms with E-state index in [1.807, 2.05) is 47.7 Å². The van der Waals surface area contributed by atoms with Crippen LogP contribution in [-0.2, 0) is 0 Å². The fraction of sp³-hybridized carbons (Fsp3) is 0. The zero-order valence-corrected chi connectivity index (χ0v) is 23.9. The highest BCUT2D eigenvalue weighted by atomic mass is 32.1. The summed E-state index contributed by atoms with van der Waals surface area (Å²) in [5.41, 5.74) is 7.91. The van der Waals surface area contributed by atoms with Crippen molar-refractivity contribution in [2.45, 2.75) is 0 Å². The lowest BCUT2D eigenvalue weighted by Crippen LogP contribution is -1.87. The number of thiophene rings is 2. The molecule has 0 atom stereocenters. The Labute approximate surface area is 250 Å². The lowest BCUT2D eigenvalue weighted by molar-refractivity contribution is 1.48. The highest BCUT2D eigenvalue weighted by Gasteiger charge is 2.13. The summed E-state index contributed by atoms with van der Waals surface area (Å²) >= 11 is 3.58. The zero-order valence-electron chi connectivity index (χ0n) is 22.3. The van der Waals surface area contributed by atoms with Crippen molar-refractivity contribution in [3.05, 3.63) is 132 Å². The molecule has 0 aliphatic carbocycles. The van der Waals surface area contributed by atoms with E-state index in [2.05, 4.69) is 97.1 Å². The fourth-order valence-electron chi connectivity index (χ4n) is 5.83. The van der Waals surface area contributed by atoms with Gasteiger partial charge in [0.2, 0.25) is 0 Å². The Hall–Kier alpha value is -5.26. The molecule has 42 heavy (non-hydrogen) atoms. The van der Waals surface area contributed by atoms with E-state index in [1.54, 1.807) is 11.3 Å². The molecule has 0 saturated carbocycles. The number of rotatable bonds is 3. The van der Waals surface area contributed by atoms with Crippen molar-refractivity contribution in [2.75, 3.05) is 0 Å². The van der Waals surface area contributed by atoms with Gasteiger partial charge < -0.3 is 0 Å². The topological polar surface area (TPSA) is 47.6 Å². The second kappa shape index (κ2) is 9.68. The molecule has 0 unspecified atom stereocenters. The van der Waals surface area contributed by atoms with E-state index in [9.17, 15) is 10.5 Å². The Morgan fingerprint density at radius 3 is 1.50 bits per heavy atom. The normalized spacial score (nSPS) is 11.3. The molecule has 8 rings (SSSR count). The number of nitriles is 2. The Kier molecular flexibility index (Phi) is 5.66. The van der Waals surface area contributed by atoms with Crippen molar-refractivity contribution < 1.29 is 0 Å². The van der Waals surface area contributed by atoms with E-state index < -0.39 is 0 Å². The van der Waals surface area contributed by atoms with Crippen molar-refractivity contribution in [3.63, 3.8) is 0 Å². The molecule has 4 heteroatoms. The summed E-state index contributed by atoms with van der Waals surface area (Å²) in [6.07, 6.45) is 0. The molecule has 0 fully saturated rings. The molecule has 2 nitrogen and oxygen atoms in total. The SMILES string of the molecule is N#Cc1cccc(-c2cc(-c3ccc4sc5ccccc5c4c3)cc(-c3ccc4sc5ccc(C#N)cc5c4c3)c2)c1. The predicted octanol–water partition coefficient (Wildman–Crippen LogP) is 11.2. The number of hydrogen-bond donors (Lipinski definition) is 0. The molecule has 0 radical (unpaired) electrons. The molecule has 0 aliphatic rings. The minimum Gasteiger partial charge on any atom is -0.192 e. The van der Waals surface area contributed by atoms with Crippen LogP contribution in [0.1, 0.15) is 11.1 Å². The second-order valence-corrected chi connectivity index (χ2v) is 12.6. The first kappa shape index (κ1) is 24.5. The first-order valence-electron chi connectivity index (χ1n) is 13.6. The van der Waals surface area contributed by atoms with Crippen LogP contribution in [0.15, 0.2) is 121 Å². The quantitative estimate of drug-likeness (QED) is 0.213. The third-order valence-electron chi connectivity index (χ3n) is 7.90. The number of fused-ring (bicyclic) bond motifs is 6. The van der Waals surface area contributed by atoms with E-state index in [0.29, 0.717) is 11.1 Å². The molecule has 0 bridgehead atoms. The molecule has 2 heterocycles. The van der Waals surface area contributed by atoms with Gasteiger partial charge in [-0.1, -0.05) is 42.5 Å². The highest BCUT2D eigenvalue weighted by molar-refractivity contribution is 7.26. The molecule has 0 aliphatic heterocycles. The molecule has 8 aromatic rings. The Morgan fingerprint density at radius 2 is 0.857 bits per heavy atom. The summed E-state index contributed by atoms with van der Waals surface area (Å²) in [6.45, 7) is 0. The van der Waals surface area contributed by atoms with Crippen LogP contribution in [0.4, 0.5) is 0 Å². The van der Waals surface area contributed by atoms with E-state index in [-0.39, 0.29) is 0 Å². The maximum Gasteiger partial charge on any atom is 0.0991 e. The summed E-state index contributed by atoms with van der Waals surface area (Å²) in [5, 5.41) is 23.9. The van der Waals surface area contributed by atoms with Gasteiger partial charge in [0.1, 0.15) is 0 Å². The third-order valence-corrected chi connectivity index (χ3v) is 10.2. The van der Waals surface area contributed by atoms with Gasteiger partial charge >= 0.3 is 0 Å². The van der Waals surface area contributed by atoms with Gasteiger partial charge in [-0.15, -0.1) is 22.7 Å². The molecular weight excluding hydrogens is 549 g/mol. The van der Waals surface area contributed by atoms with Gasteiger partial charge in [0.25, 0.3) is 0 Å². The van der Waals surface area contributed by atoms with Crippen molar-refractivity contribution in [3.8, 4) is 45.5 Å². The summed E-state index contributed by atoms with van der Waals surface area (Å²) in [4.78, 5) is 0. The summed E-state index contributed by atoms with van der Waals surface area (Å²) in [6, 6.07) is 47.0. The van der Waals surface area contributed by atoms with E-state index in [0.717, 1.165) is 44.2 Å². The van der Waals surface area contributed by atoms with Gasteiger partial charge in [-0.2, -0.15) is 10.5 Å². The molecule has 0 amide bonds. The Morgan fingerprint density at radius 1 is 0.357 bits per heavy atom. The van der Waals surface area contributed by atoms with Crippen LogP contribution in [0.2, 0.25) is 0 Å². The van der Waals surface area contributed by atoms with Crippen LogP contribution in [0.5, 0.6) is 0 Å². The largest absolute Gasteiger partial charge is 0.192 e. The molecule has 2 aromatic heterocycles. The smallest absolute Gasteiger partial charge is 0.0991 e. The van der Waals surface area contributed by atoms with E-state index in [4.69, 9.17) is 0 Å². The average Bonchev–Trinajstić information content (AvgIpc) is 3.61. The minimum atomic E-state index is 0.644. The van der Waals surface area contributed by atoms with Crippen LogP contribution in [-0.4, -0.2) is 0 Å². The number of hydrogen-bond acceptors (Lipinski definition) is 4. The van der Waals surface area contributed by atoms with Crippen LogP contribution in [0.25, 0.3) is 73.7 Å². The zero-order chi connectivity index (χ0) is 28.2. The highest BCUT2D eigenvalue weighted by Crippen LogP contribution is 2.41. The van der Waals surface area contributed by atoms with Crippen molar-refractivity contribution in [1.29, 1.82) is 10.5 Å². The third kappa shape index (κ3) is 4.06. The molecule has 0 N–H and O–H groups in total. The van der Waals surface area contributed by atoms with Gasteiger partial charge in [-0.05, 0) is 112 Å². The molecule has 194 valence electrons. The molecular formula is C38H20N2S2. The standard InChI is InChI=1S/C38H20N2S2/c39-21-23-4-3-5-25(14-23)28-16-29(26-9-12-37-33(19-26)31-6-1-2-7-35(31)41-37)18-30(17-28)27-10-13-38-34(20-27)32-15-24(22-40)8-11-36(32)42-38/h1-20H. The van der Waals surface area contributed by atoms with E-state index >= 15 is 0 Å². The number of nitrogens with zero attached hydrogens (tertiary/aromatic N) is 2. The molecule has 6 aromatic carbocycles. The fourth-order valence-corrected chi connectivity index (χ4v) is 7.98. The molecule has 0 spiro atoms. The van der Waals surface area contributed by atoms with Gasteiger partial charge in [-0.3, -0.25) is 0 Å². The maximum absolute atomic E-state index is 9.58. The van der Waals surface area contributed by atoms with Crippen molar-refractivity contribution >= 4 is 63.0 Å². The monoisotopic (exact) mass is 568 g/mol. The number of benzene rings is 6. The minimum absolute atomic E-state index is 0.644. The Balaban J connectivity index is 1.35. The van der Waals surface area contributed by atoms with Crippen molar-refractivity contribution in [1.82, 2.24) is 0 Å². The van der Waals surface area contributed by atoms with Gasteiger partial charge in [0, 0.05) is 40.3 Å². The van der Waals surface area contributed by atoms with E-state index in [1.165, 1.54) is 29.6 Å². The lowest BCUT2D eigenvalue weighted by Gasteiger charge is -2.12. The van der Waals surface area contributed by atoms with Crippen molar-refractivity contribution in [2.24, 2.45) is 0 Å². The van der Waals surface area contributed by atoms with Crippen LogP contribution < -0.4 is 0 Å². The van der Waals surface area contributed by atoms with Gasteiger partial charge in [0.15, 0.2) is 0 Å². The van der Waals surface area contributed by atoms with Crippen LogP contribution in [0, 0.1) is 22.7 Å². The lowest BCUT2D eigenvalue weighted by atomic mass is 9.92.